The largest absolute Gasteiger partial charge is 0.486 e. The first-order chi connectivity index (χ1) is 14.8. The number of allylic oxidation sites excluding steroid dienone is 2. The van der Waals surface area contributed by atoms with Crippen molar-refractivity contribution < 1.29 is 19.4 Å². The Morgan fingerprint density at radius 2 is 1.90 bits per heavy atom. The Morgan fingerprint density at radius 1 is 1.16 bits per heavy atom. The second-order valence-corrected chi connectivity index (χ2v) is 9.39. The molecule has 2 aliphatic rings. The summed E-state index contributed by atoms with van der Waals surface area (Å²) in [4.78, 5) is 11.3. The number of carboxylic acids is 1. The molecule has 4 atom stereocenters. The van der Waals surface area contributed by atoms with E-state index in [4.69, 9.17) is 9.47 Å². The van der Waals surface area contributed by atoms with Gasteiger partial charge in [0.05, 0.1) is 17.8 Å². The average Bonchev–Trinajstić information content (AvgIpc) is 2.73. The summed E-state index contributed by atoms with van der Waals surface area (Å²) < 4.78 is 13.4. The minimum atomic E-state index is -0.919. The lowest BCUT2D eigenvalue weighted by Crippen LogP contribution is -2.50. The number of rotatable bonds is 5. The van der Waals surface area contributed by atoms with E-state index in [1.165, 1.54) is 5.57 Å². The van der Waals surface area contributed by atoms with Crippen LogP contribution in [0.5, 0.6) is 5.75 Å². The van der Waals surface area contributed by atoms with Crippen LogP contribution in [0.2, 0.25) is 0 Å². The quantitative estimate of drug-likeness (QED) is 0.540. The van der Waals surface area contributed by atoms with Crippen LogP contribution < -0.4 is 4.74 Å². The summed E-state index contributed by atoms with van der Waals surface area (Å²) in [6.07, 6.45) is 6.57. The van der Waals surface area contributed by atoms with E-state index in [9.17, 15) is 9.90 Å². The van der Waals surface area contributed by atoms with Gasteiger partial charge in [0, 0.05) is 17.0 Å². The fraction of sp³-hybridized carbons (Fsp3) is 0.444. The molecule has 0 unspecified atom stereocenters. The zero-order valence-electron chi connectivity index (χ0n) is 18.9. The molecule has 31 heavy (non-hydrogen) atoms. The number of carboxylic acid groups (broad SMARTS) is 1. The smallest absolute Gasteiger partial charge is 0.335 e. The van der Waals surface area contributed by atoms with Crippen LogP contribution in [-0.4, -0.2) is 22.8 Å². The Labute approximate surface area is 184 Å². The first-order valence-electron chi connectivity index (χ1n) is 11.2. The van der Waals surface area contributed by atoms with Crippen LogP contribution in [0, 0.1) is 5.92 Å². The summed E-state index contributed by atoms with van der Waals surface area (Å²) in [5.74, 6) is 0.268. The molecule has 2 aromatic carbocycles. The van der Waals surface area contributed by atoms with Crippen LogP contribution in [0.15, 0.2) is 54.1 Å². The minimum absolute atomic E-state index is 0.0162. The van der Waals surface area contributed by atoms with Crippen molar-refractivity contribution in [2.75, 3.05) is 0 Å². The van der Waals surface area contributed by atoms with Crippen molar-refractivity contribution in [3.63, 3.8) is 0 Å². The molecular formula is C27H32O4. The molecule has 1 N–H and O–H groups in total. The van der Waals surface area contributed by atoms with E-state index < -0.39 is 5.97 Å². The number of benzene rings is 2. The van der Waals surface area contributed by atoms with Crippen molar-refractivity contribution in [2.45, 2.75) is 71.2 Å². The summed E-state index contributed by atoms with van der Waals surface area (Å²) >= 11 is 0. The number of fused-ring (bicyclic) bond motifs is 3. The van der Waals surface area contributed by atoms with Gasteiger partial charge in [0.1, 0.15) is 11.4 Å². The Hall–Kier alpha value is -2.59. The van der Waals surface area contributed by atoms with E-state index in [2.05, 4.69) is 45.9 Å². The zero-order valence-corrected chi connectivity index (χ0v) is 18.9. The van der Waals surface area contributed by atoms with Crippen LogP contribution in [0.3, 0.4) is 0 Å². The highest BCUT2D eigenvalue weighted by molar-refractivity contribution is 5.88. The highest BCUT2D eigenvalue weighted by atomic mass is 16.5. The number of aromatic carboxylic acids is 1. The van der Waals surface area contributed by atoms with Crippen molar-refractivity contribution in [1.82, 2.24) is 0 Å². The van der Waals surface area contributed by atoms with Gasteiger partial charge in [0.25, 0.3) is 0 Å². The highest BCUT2D eigenvalue weighted by Gasteiger charge is 2.49. The van der Waals surface area contributed by atoms with Crippen molar-refractivity contribution in [2.24, 2.45) is 5.92 Å². The third-order valence-electron chi connectivity index (χ3n) is 6.74. The van der Waals surface area contributed by atoms with Crippen LogP contribution in [0.4, 0.5) is 0 Å². The van der Waals surface area contributed by atoms with Crippen LogP contribution in [0.25, 0.3) is 11.1 Å². The molecular weight excluding hydrogens is 388 g/mol. The number of hydrogen-bond acceptors (Lipinski definition) is 3. The monoisotopic (exact) mass is 420 g/mol. The van der Waals surface area contributed by atoms with Crippen molar-refractivity contribution in [3.05, 3.63) is 65.2 Å². The van der Waals surface area contributed by atoms with E-state index in [1.54, 1.807) is 12.1 Å². The maximum Gasteiger partial charge on any atom is 0.335 e. The first kappa shape index (κ1) is 21.6. The highest BCUT2D eigenvalue weighted by Crippen LogP contribution is 2.54. The molecule has 4 rings (SSSR count). The fourth-order valence-electron chi connectivity index (χ4n) is 5.00. The summed E-state index contributed by atoms with van der Waals surface area (Å²) in [5.41, 5.74) is 4.34. The van der Waals surface area contributed by atoms with Crippen LogP contribution >= 0.6 is 0 Å². The minimum Gasteiger partial charge on any atom is -0.486 e. The Kier molecular flexibility index (Phi) is 5.94. The molecule has 4 heteroatoms. The standard InChI is InChI=1S/C27H32O4/c1-17(2)7-6-16-27(4)23-15-10-18(3)30-25(23)22-9-5-8-21(24(22)31-27)19-11-13-20(14-12-19)26(28)29/h5,7-9,11-14,18,23,25H,6,10,15-16H2,1-4H3,(H,28,29)/t18-,23-,25+,27-/m1/s1. The van der Waals surface area contributed by atoms with Gasteiger partial charge >= 0.3 is 5.97 Å². The number of ether oxygens (including phenoxy) is 2. The fourth-order valence-corrected chi connectivity index (χ4v) is 5.00. The second kappa shape index (κ2) is 8.51. The maximum atomic E-state index is 11.3. The third kappa shape index (κ3) is 4.27. The lowest BCUT2D eigenvalue weighted by Gasteiger charge is -2.50. The summed E-state index contributed by atoms with van der Waals surface area (Å²) in [6.45, 7) is 8.65. The van der Waals surface area contributed by atoms with Crippen molar-refractivity contribution in [3.8, 4) is 16.9 Å². The maximum absolute atomic E-state index is 11.3. The first-order valence-corrected chi connectivity index (χ1v) is 11.2. The summed E-state index contributed by atoms with van der Waals surface area (Å²) in [7, 11) is 0. The Bertz CT molecular complexity index is 987. The van der Waals surface area contributed by atoms with Gasteiger partial charge in [0.15, 0.2) is 0 Å². The van der Waals surface area contributed by atoms with E-state index in [-0.39, 0.29) is 23.4 Å². The molecule has 0 radical (unpaired) electrons. The Balaban J connectivity index is 1.76. The van der Waals surface area contributed by atoms with Gasteiger partial charge in [-0.1, -0.05) is 42.0 Å². The van der Waals surface area contributed by atoms with Crippen LogP contribution in [0.1, 0.15) is 75.4 Å². The molecule has 2 aromatic rings. The molecule has 4 nitrogen and oxygen atoms in total. The van der Waals surface area contributed by atoms with Gasteiger partial charge in [-0.05, 0) is 71.1 Å². The van der Waals surface area contributed by atoms with E-state index in [0.717, 1.165) is 48.1 Å². The SMILES string of the molecule is CC(C)=CCC[C@@]1(C)Oc2c(-c3ccc(C(=O)O)cc3)cccc2[C@@H]2O[C@H](C)CC[C@H]21. The summed E-state index contributed by atoms with van der Waals surface area (Å²) in [5, 5.41) is 9.24. The van der Waals surface area contributed by atoms with Gasteiger partial charge < -0.3 is 14.6 Å². The number of para-hydroxylation sites is 1. The molecule has 0 aromatic heterocycles. The van der Waals surface area contributed by atoms with Gasteiger partial charge in [-0.2, -0.15) is 0 Å². The molecule has 0 spiro atoms. The lowest BCUT2D eigenvalue weighted by atomic mass is 9.72. The Morgan fingerprint density at radius 3 is 2.58 bits per heavy atom. The van der Waals surface area contributed by atoms with E-state index in [0.29, 0.717) is 5.92 Å². The predicted molar refractivity (Wildman–Crippen MR) is 123 cm³/mol. The topological polar surface area (TPSA) is 55.8 Å². The van der Waals surface area contributed by atoms with Gasteiger partial charge in [0.2, 0.25) is 0 Å². The normalized spacial score (nSPS) is 26.9. The van der Waals surface area contributed by atoms with Crippen LogP contribution in [-0.2, 0) is 4.74 Å². The van der Waals surface area contributed by atoms with Gasteiger partial charge in [-0.25, -0.2) is 4.79 Å². The molecule has 2 aliphatic heterocycles. The lowest BCUT2D eigenvalue weighted by molar-refractivity contribution is -0.151. The van der Waals surface area contributed by atoms with E-state index in [1.807, 2.05) is 18.2 Å². The number of carbonyl (C=O) groups is 1. The average molecular weight is 421 g/mol. The number of hydrogen-bond donors (Lipinski definition) is 1. The van der Waals surface area contributed by atoms with Crippen molar-refractivity contribution >= 4 is 5.97 Å². The van der Waals surface area contributed by atoms with Crippen molar-refractivity contribution in [1.29, 1.82) is 0 Å². The van der Waals surface area contributed by atoms with Gasteiger partial charge in [-0.3, -0.25) is 0 Å². The predicted octanol–water partition coefficient (Wildman–Crippen LogP) is 6.81. The molecule has 1 fully saturated rings. The molecule has 0 saturated carbocycles. The van der Waals surface area contributed by atoms with Gasteiger partial charge in [-0.15, -0.1) is 0 Å². The zero-order chi connectivity index (χ0) is 22.2. The molecule has 0 amide bonds. The molecule has 164 valence electrons. The molecule has 2 heterocycles. The van der Waals surface area contributed by atoms with E-state index >= 15 is 0 Å². The second-order valence-electron chi connectivity index (χ2n) is 9.39. The molecule has 0 bridgehead atoms. The summed E-state index contributed by atoms with van der Waals surface area (Å²) in [6, 6.07) is 13.2. The molecule has 1 saturated heterocycles. The molecule has 0 aliphatic carbocycles. The third-order valence-corrected chi connectivity index (χ3v) is 6.74.